The number of esters is 1. The molecule has 1 fully saturated rings. The Morgan fingerprint density at radius 2 is 1.61 bits per heavy atom. The average molecular weight is 488 g/mol. The largest absolute Gasteiger partial charge is 0.460 e. The van der Waals surface area contributed by atoms with Gasteiger partial charge in [-0.1, -0.05) is 35.5 Å². The first-order valence-corrected chi connectivity index (χ1v) is 13.0. The molecule has 0 aromatic heterocycles. The smallest absolute Gasteiger partial charge is 0.307 e. The van der Waals surface area contributed by atoms with Gasteiger partial charge in [0.25, 0.3) is 0 Å². The maximum absolute atomic E-state index is 12.0. The number of benzene rings is 2. The second kappa shape index (κ2) is 10.7. The maximum atomic E-state index is 12.0. The SMILES string of the molecule is CC(C)(C)OC(=O)CCN1CCN(CCCN2c3ccccc3Sc3ccc(Cl)cc32)CC1. The first-order chi connectivity index (χ1) is 15.8. The first kappa shape index (κ1) is 24.4. The predicted molar refractivity (Wildman–Crippen MR) is 137 cm³/mol. The third-order valence-electron chi connectivity index (χ3n) is 5.96. The van der Waals surface area contributed by atoms with Crippen LogP contribution in [-0.2, 0) is 9.53 Å². The van der Waals surface area contributed by atoms with E-state index < -0.39 is 5.60 Å². The van der Waals surface area contributed by atoms with Crippen LogP contribution < -0.4 is 4.90 Å². The van der Waals surface area contributed by atoms with Crippen LogP contribution in [0.5, 0.6) is 0 Å². The number of piperazine rings is 1. The van der Waals surface area contributed by atoms with Gasteiger partial charge in [-0.25, -0.2) is 0 Å². The van der Waals surface area contributed by atoms with E-state index in [0.29, 0.717) is 6.42 Å². The number of hydrogen-bond acceptors (Lipinski definition) is 6. The standard InChI is InChI=1S/C26H34ClN3O2S/c1-26(2,3)32-25(31)11-14-29-17-15-28(16-18-29)12-6-13-30-21-7-4-5-8-23(21)33-24-10-9-20(27)19-22(24)30/h4-5,7-10,19H,6,11-18H2,1-3H3. The van der Waals surface area contributed by atoms with Crippen molar-refractivity contribution in [3.63, 3.8) is 0 Å². The summed E-state index contributed by atoms with van der Waals surface area (Å²) >= 11 is 8.15. The molecule has 2 aliphatic heterocycles. The topological polar surface area (TPSA) is 36.0 Å². The van der Waals surface area contributed by atoms with Gasteiger partial charge in [-0.05, 0) is 64.1 Å². The minimum atomic E-state index is -0.408. The zero-order valence-electron chi connectivity index (χ0n) is 19.8. The first-order valence-electron chi connectivity index (χ1n) is 11.8. The van der Waals surface area contributed by atoms with Gasteiger partial charge in [-0.2, -0.15) is 0 Å². The number of carbonyl (C=O) groups is 1. The van der Waals surface area contributed by atoms with Crippen molar-refractivity contribution in [2.45, 2.75) is 49.0 Å². The highest BCUT2D eigenvalue weighted by atomic mass is 35.5. The van der Waals surface area contributed by atoms with Gasteiger partial charge in [0.15, 0.2) is 0 Å². The molecule has 0 saturated carbocycles. The summed E-state index contributed by atoms with van der Waals surface area (Å²) in [6, 6.07) is 14.8. The van der Waals surface area contributed by atoms with Crippen molar-refractivity contribution in [2.24, 2.45) is 0 Å². The lowest BCUT2D eigenvalue weighted by Gasteiger charge is -2.36. The summed E-state index contributed by atoms with van der Waals surface area (Å²) in [7, 11) is 0. The fourth-order valence-electron chi connectivity index (χ4n) is 4.37. The summed E-state index contributed by atoms with van der Waals surface area (Å²) in [4.78, 5) is 21.9. The molecule has 4 rings (SSSR count). The monoisotopic (exact) mass is 487 g/mol. The molecule has 178 valence electrons. The molecule has 0 unspecified atom stereocenters. The van der Waals surface area contributed by atoms with E-state index in [9.17, 15) is 4.79 Å². The summed E-state index contributed by atoms with van der Waals surface area (Å²) < 4.78 is 5.43. The summed E-state index contributed by atoms with van der Waals surface area (Å²) in [6.07, 6.45) is 1.55. The van der Waals surface area contributed by atoms with Crippen LogP contribution in [0.15, 0.2) is 52.3 Å². The van der Waals surface area contributed by atoms with E-state index >= 15 is 0 Å². The van der Waals surface area contributed by atoms with Gasteiger partial charge in [-0.15, -0.1) is 0 Å². The summed E-state index contributed by atoms with van der Waals surface area (Å²) in [6.45, 7) is 12.7. The number of halogens is 1. The van der Waals surface area contributed by atoms with Crippen LogP contribution in [0.2, 0.25) is 5.02 Å². The molecular weight excluding hydrogens is 454 g/mol. The molecule has 0 radical (unpaired) electrons. The predicted octanol–water partition coefficient (Wildman–Crippen LogP) is 5.68. The Morgan fingerprint density at radius 1 is 0.939 bits per heavy atom. The molecule has 0 spiro atoms. The number of anilines is 2. The highest BCUT2D eigenvalue weighted by Crippen LogP contribution is 2.48. The highest BCUT2D eigenvalue weighted by Gasteiger charge is 2.24. The van der Waals surface area contributed by atoms with E-state index in [1.807, 2.05) is 38.6 Å². The molecule has 0 atom stereocenters. The quantitative estimate of drug-likeness (QED) is 0.467. The van der Waals surface area contributed by atoms with Crippen molar-refractivity contribution in [2.75, 3.05) is 50.7 Å². The fourth-order valence-corrected chi connectivity index (χ4v) is 5.62. The van der Waals surface area contributed by atoms with Crippen molar-refractivity contribution >= 4 is 40.7 Å². The fraction of sp³-hybridized carbons (Fsp3) is 0.500. The van der Waals surface area contributed by atoms with Crippen molar-refractivity contribution in [3.05, 3.63) is 47.5 Å². The number of nitrogens with zero attached hydrogens (tertiary/aromatic N) is 3. The summed E-state index contributed by atoms with van der Waals surface area (Å²) in [5.41, 5.74) is 2.07. The number of carbonyl (C=O) groups excluding carboxylic acids is 1. The van der Waals surface area contributed by atoms with Gasteiger partial charge >= 0.3 is 5.97 Å². The lowest BCUT2D eigenvalue weighted by Crippen LogP contribution is -2.47. The number of hydrogen-bond donors (Lipinski definition) is 0. The second-order valence-electron chi connectivity index (χ2n) is 9.71. The molecule has 1 saturated heterocycles. The van der Waals surface area contributed by atoms with Crippen molar-refractivity contribution in [1.29, 1.82) is 0 Å². The van der Waals surface area contributed by atoms with Crippen LogP contribution in [0.3, 0.4) is 0 Å². The average Bonchev–Trinajstić information content (AvgIpc) is 2.77. The Hall–Kier alpha value is -1.73. The van der Waals surface area contributed by atoms with Crippen LogP contribution in [0, 0.1) is 0 Å². The number of rotatable bonds is 7. The van der Waals surface area contributed by atoms with Crippen LogP contribution in [0.25, 0.3) is 0 Å². The van der Waals surface area contributed by atoms with E-state index in [2.05, 4.69) is 51.1 Å². The van der Waals surface area contributed by atoms with Gasteiger partial charge in [0.05, 0.1) is 17.8 Å². The minimum absolute atomic E-state index is 0.106. The van der Waals surface area contributed by atoms with Gasteiger partial charge in [-0.3, -0.25) is 4.79 Å². The molecule has 0 aliphatic carbocycles. The van der Waals surface area contributed by atoms with Gasteiger partial charge < -0.3 is 19.4 Å². The van der Waals surface area contributed by atoms with E-state index in [1.165, 1.54) is 21.2 Å². The van der Waals surface area contributed by atoms with Crippen LogP contribution in [0.1, 0.15) is 33.6 Å². The molecule has 2 heterocycles. The molecule has 0 amide bonds. The molecule has 33 heavy (non-hydrogen) atoms. The van der Waals surface area contributed by atoms with Crippen molar-refractivity contribution < 1.29 is 9.53 Å². The second-order valence-corrected chi connectivity index (χ2v) is 11.2. The Bertz CT molecular complexity index is 970. The molecule has 7 heteroatoms. The van der Waals surface area contributed by atoms with Gasteiger partial charge in [0.2, 0.25) is 0 Å². The highest BCUT2D eigenvalue weighted by molar-refractivity contribution is 7.99. The molecule has 0 bridgehead atoms. The lowest BCUT2D eigenvalue weighted by atomic mass is 10.2. The molecular formula is C26H34ClN3O2S. The van der Waals surface area contributed by atoms with E-state index in [4.69, 9.17) is 16.3 Å². The zero-order valence-corrected chi connectivity index (χ0v) is 21.4. The Morgan fingerprint density at radius 3 is 2.33 bits per heavy atom. The maximum Gasteiger partial charge on any atom is 0.307 e. The third kappa shape index (κ3) is 6.66. The number of ether oxygens (including phenoxy) is 1. The lowest BCUT2D eigenvalue weighted by molar-refractivity contribution is -0.155. The summed E-state index contributed by atoms with van der Waals surface area (Å²) in [5, 5.41) is 0.779. The van der Waals surface area contributed by atoms with E-state index in [1.54, 1.807) is 0 Å². The van der Waals surface area contributed by atoms with Gasteiger partial charge in [0.1, 0.15) is 5.60 Å². The minimum Gasteiger partial charge on any atom is -0.460 e. The van der Waals surface area contributed by atoms with Crippen LogP contribution >= 0.6 is 23.4 Å². The molecule has 0 N–H and O–H groups in total. The summed E-state index contributed by atoms with van der Waals surface area (Å²) in [5.74, 6) is -0.106. The van der Waals surface area contributed by atoms with Crippen molar-refractivity contribution in [3.8, 4) is 0 Å². The van der Waals surface area contributed by atoms with E-state index in [-0.39, 0.29) is 5.97 Å². The normalized spacial score (nSPS) is 16.9. The number of para-hydroxylation sites is 1. The van der Waals surface area contributed by atoms with Crippen LogP contribution in [-0.4, -0.2) is 67.2 Å². The zero-order chi connectivity index (χ0) is 23.4. The Kier molecular flexibility index (Phi) is 7.90. The van der Waals surface area contributed by atoms with Crippen molar-refractivity contribution in [1.82, 2.24) is 9.80 Å². The molecule has 2 aromatic rings. The van der Waals surface area contributed by atoms with Crippen LogP contribution in [0.4, 0.5) is 11.4 Å². The third-order valence-corrected chi connectivity index (χ3v) is 7.33. The Labute approximate surface area is 207 Å². The molecule has 2 aromatic carbocycles. The van der Waals surface area contributed by atoms with Gasteiger partial charge in [0, 0.05) is 54.1 Å². The Balaban J connectivity index is 1.26. The molecule has 2 aliphatic rings. The number of fused-ring (bicyclic) bond motifs is 2. The van der Waals surface area contributed by atoms with E-state index in [0.717, 1.165) is 57.3 Å². The molecule has 5 nitrogen and oxygen atoms in total.